The normalized spacial score (nSPS) is 16.3. The highest BCUT2D eigenvalue weighted by Crippen LogP contribution is 2.17. The Balaban J connectivity index is 1.58. The second-order valence-electron chi connectivity index (χ2n) is 6.24. The largest absolute Gasteiger partial charge is 0.334 e. The molecule has 0 bridgehead atoms. The molecule has 0 radical (unpaired) electrons. The van der Waals surface area contributed by atoms with Crippen LogP contribution in [0.5, 0.6) is 0 Å². The summed E-state index contributed by atoms with van der Waals surface area (Å²) in [6.07, 6.45) is 3.44. The summed E-state index contributed by atoms with van der Waals surface area (Å²) in [6.45, 7) is 2.00. The van der Waals surface area contributed by atoms with E-state index in [4.69, 9.17) is 0 Å². The second-order valence-corrected chi connectivity index (χ2v) is 8.18. The number of hydrogen-bond donors (Lipinski definition) is 1. The van der Waals surface area contributed by atoms with Crippen LogP contribution in [0, 0.1) is 0 Å². The first kappa shape index (κ1) is 18.4. The zero-order chi connectivity index (χ0) is 18.6. The topological polar surface area (TPSA) is 87.5 Å². The lowest BCUT2D eigenvalue weighted by Gasteiger charge is -2.22. The SMILES string of the molecule is Cn1cc(S(=O)(=O)N2CCCN(C(=O)NCc3ccccc3)CC2)cn1. The van der Waals surface area contributed by atoms with Gasteiger partial charge in [-0.25, -0.2) is 13.2 Å². The summed E-state index contributed by atoms with van der Waals surface area (Å²) in [4.78, 5) is 14.2. The fraction of sp³-hybridized carbons (Fsp3) is 0.412. The Kier molecular flexibility index (Phi) is 5.58. The molecule has 2 aromatic rings. The number of nitrogens with zero attached hydrogens (tertiary/aromatic N) is 4. The first-order valence-electron chi connectivity index (χ1n) is 8.52. The van der Waals surface area contributed by atoms with Gasteiger partial charge in [-0.1, -0.05) is 30.3 Å². The van der Waals surface area contributed by atoms with E-state index in [2.05, 4.69) is 10.4 Å². The molecule has 3 rings (SSSR count). The van der Waals surface area contributed by atoms with Gasteiger partial charge in [0.25, 0.3) is 0 Å². The van der Waals surface area contributed by atoms with Gasteiger partial charge in [0, 0.05) is 46.0 Å². The fourth-order valence-electron chi connectivity index (χ4n) is 2.90. The summed E-state index contributed by atoms with van der Waals surface area (Å²) in [6, 6.07) is 9.51. The minimum atomic E-state index is -3.58. The summed E-state index contributed by atoms with van der Waals surface area (Å²) >= 11 is 0. The quantitative estimate of drug-likeness (QED) is 0.862. The van der Waals surface area contributed by atoms with Crippen LogP contribution < -0.4 is 5.32 Å². The Morgan fingerprint density at radius 1 is 1.15 bits per heavy atom. The van der Waals surface area contributed by atoms with Crippen molar-refractivity contribution in [2.45, 2.75) is 17.9 Å². The number of carbonyl (C=O) groups is 1. The lowest BCUT2D eigenvalue weighted by molar-refractivity contribution is 0.200. The molecule has 26 heavy (non-hydrogen) atoms. The van der Waals surface area contributed by atoms with Gasteiger partial charge >= 0.3 is 6.03 Å². The predicted molar refractivity (Wildman–Crippen MR) is 96.8 cm³/mol. The van der Waals surface area contributed by atoms with Crippen LogP contribution in [0.25, 0.3) is 0 Å². The Morgan fingerprint density at radius 3 is 2.62 bits per heavy atom. The summed E-state index contributed by atoms with van der Waals surface area (Å²) < 4.78 is 28.3. The number of hydrogen-bond acceptors (Lipinski definition) is 4. The van der Waals surface area contributed by atoms with Crippen LogP contribution >= 0.6 is 0 Å². The predicted octanol–water partition coefficient (Wildman–Crippen LogP) is 1.03. The minimum Gasteiger partial charge on any atom is -0.334 e. The molecule has 1 saturated heterocycles. The van der Waals surface area contributed by atoms with Crippen molar-refractivity contribution in [2.75, 3.05) is 26.2 Å². The molecule has 1 N–H and O–H groups in total. The van der Waals surface area contributed by atoms with E-state index >= 15 is 0 Å². The number of carbonyl (C=O) groups excluding carboxylic acids is 1. The minimum absolute atomic E-state index is 0.172. The average Bonchev–Trinajstić information content (AvgIpc) is 2.93. The van der Waals surface area contributed by atoms with Gasteiger partial charge in [-0.05, 0) is 12.0 Å². The maximum Gasteiger partial charge on any atom is 0.317 e. The molecule has 1 aliphatic rings. The fourth-order valence-corrected chi connectivity index (χ4v) is 4.36. The van der Waals surface area contributed by atoms with Crippen LogP contribution in [-0.2, 0) is 23.6 Å². The van der Waals surface area contributed by atoms with Crippen LogP contribution in [0.3, 0.4) is 0 Å². The van der Waals surface area contributed by atoms with Crippen LogP contribution in [-0.4, -0.2) is 59.6 Å². The van der Waals surface area contributed by atoms with Crippen molar-refractivity contribution in [3.8, 4) is 0 Å². The van der Waals surface area contributed by atoms with Crippen molar-refractivity contribution in [3.05, 3.63) is 48.3 Å². The molecule has 0 spiro atoms. The molecule has 2 amide bonds. The summed E-state index contributed by atoms with van der Waals surface area (Å²) in [5, 5.41) is 6.82. The standard InChI is InChI=1S/C17H23N5O3S/c1-20-14-16(13-19-20)26(24,25)22-9-5-8-21(10-11-22)17(23)18-12-15-6-3-2-4-7-15/h2-4,6-7,13-14H,5,8-12H2,1H3,(H,18,23). The third kappa shape index (κ3) is 4.23. The number of nitrogens with one attached hydrogen (secondary N) is 1. The van der Waals surface area contributed by atoms with E-state index < -0.39 is 10.0 Å². The summed E-state index contributed by atoms with van der Waals surface area (Å²) in [7, 11) is -1.90. The number of aryl methyl sites for hydroxylation is 1. The monoisotopic (exact) mass is 377 g/mol. The molecule has 1 aromatic heterocycles. The molecule has 0 aliphatic carbocycles. The lowest BCUT2D eigenvalue weighted by atomic mass is 10.2. The highest BCUT2D eigenvalue weighted by Gasteiger charge is 2.29. The van der Waals surface area contributed by atoms with E-state index in [1.165, 1.54) is 21.4 Å². The van der Waals surface area contributed by atoms with Gasteiger partial charge in [0.15, 0.2) is 0 Å². The molecule has 8 nitrogen and oxygen atoms in total. The van der Waals surface area contributed by atoms with E-state index in [0.29, 0.717) is 32.6 Å². The van der Waals surface area contributed by atoms with Gasteiger partial charge in [0.05, 0.1) is 6.20 Å². The molecule has 140 valence electrons. The zero-order valence-electron chi connectivity index (χ0n) is 14.7. The van der Waals surface area contributed by atoms with Gasteiger partial charge in [-0.15, -0.1) is 0 Å². The van der Waals surface area contributed by atoms with Crippen LogP contribution in [0.2, 0.25) is 0 Å². The lowest BCUT2D eigenvalue weighted by Crippen LogP contribution is -2.42. The molecule has 1 fully saturated rings. The van der Waals surface area contributed by atoms with E-state index in [1.807, 2.05) is 30.3 Å². The summed E-state index contributed by atoms with van der Waals surface area (Å²) in [5.74, 6) is 0. The van der Waals surface area contributed by atoms with Crippen molar-refractivity contribution in [2.24, 2.45) is 7.05 Å². The highest BCUT2D eigenvalue weighted by molar-refractivity contribution is 7.89. The Hall–Kier alpha value is -2.39. The third-order valence-corrected chi connectivity index (χ3v) is 6.20. The Morgan fingerprint density at radius 2 is 1.92 bits per heavy atom. The molecular formula is C17H23N5O3S. The van der Waals surface area contributed by atoms with Crippen molar-refractivity contribution in [1.82, 2.24) is 24.3 Å². The molecule has 2 heterocycles. The second kappa shape index (κ2) is 7.88. The van der Waals surface area contributed by atoms with Gasteiger partial charge in [-0.2, -0.15) is 9.40 Å². The van der Waals surface area contributed by atoms with Crippen molar-refractivity contribution >= 4 is 16.1 Å². The van der Waals surface area contributed by atoms with Gasteiger partial charge < -0.3 is 10.2 Å². The van der Waals surface area contributed by atoms with E-state index in [-0.39, 0.29) is 17.5 Å². The van der Waals surface area contributed by atoms with E-state index in [9.17, 15) is 13.2 Å². The maximum absolute atomic E-state index is 12.7. The molecule has 0 atom stereocenters. The van der Waals surface area contributed by atoms with Gasteiger partial charge in [0.1, 0.15) is 4.90 Å². The Labute approximate surface area is 153 Å². The Bertz CT molecular complexity index is 850. The van der Waals surface area contributed by atoms with Crippen molar-refractivity contribution in [3.63, 3.8) is 0 Å². The number of urea groups is 1. The molecule has 0 saturated carbocycles. The van der Waals surface area contributed by atoms with Crippen molar-refractivity contribution in [1.29, 1.82) is 0 Å². The number of aromatic nitrogens is 2. The smallest absolute Gasteiger partial charge is 0.317 e. The van der Waals surface area contributed by atoms with Crippen LogP contribution in [0.4, 0.5) is 4.79 Å². The van der Waals surface area contributed by atoms with E-state index in [0.717, 1.165) is 5.56 Å². The number of rotatable bonds is 4. The molecule has 1 aliphatic heterocycles. The highest BCUT2D eigenvalue weighted by atomic mass is 32.2. The molecular weight excluding hydrogens is 354 g/mol. The van der Waals surface area contributed by atoms with Crippen LogP contribution in [0.1, 0.15) is 12.0 Å². The molecule has 1 aromatic carbocycles. The van der Waals surface area contributed by atoms with Crippen molar-refractivity contribution < 1.29 is 13.2 Å². The maximum atomic E-state index is 12.7. The third-order valence-electron chi connectivity index (χ3n) is 4.35. The first-order chi connectivity index (χ1) is 12.5. The number of amides is 2. The first-order valence-corrected chi connectivity index (χ1v) is 9.96. The zero-order valence-corrected chi connectivity index (χ0v) is 15.5. The van der Waals surface area contributed by atoms with E-state index in [1.54, 1.807) is 11.9 Å². The summed E-state index contributed by atoms with van der Waals surface area (Å²) in [5.41, 5.74) is 1.02. The molecule has 0 unspecified atom stereocenters. The molecule has 9 heteroatoms. The van der Waals surface area contributed by atoms with Crippen LogP contribution in [0.15, 0.2) is 47.6 Å². The van der Waals surface area contributed by atoms with Gasteiger partial charge in [-0.3, -0.25) is 4.68 Å². The van der Waals surface area contributed by atoms with Gasteiger partial charge in [0.2, 0.25) is 10.0 Å². The average molecular weight is 377 g/mol. The number of benzene rings is 1. The number of sulfonamides is 1.